The molecule has 0 aromatic carbocycles. The van der Waals surface area contributed by atoms with E-state index in [0.29, 0.717) is 16.9 Å². The van der Waals surface area contributed by atoms with Crippen molar-refractivity contribution in [3.63, 3.8) is 0 Å². The fraction of sp³-hybridized carbons (Fsp3) is 0.552. The SMILES string of the molecule is C=C[C@H]1[C@H](O[C@@H]2O[C@H](CO)[C@@H](O)C(O)(O)[C@H]2O)OC=C(C(=O)OC)[C@H]1/C=C/C1=C(NC(N)=NCCCO)C(C(=O)O)=C[NH+](CCO)C1. The summed E-state index contributed by atoms with van der Waals surface area (Å²) in [6, 6.07) is 0. The van der Waals surface area contributed by atoms with Crippen LogP contribution in [0.15, 0.2) is 64.7 Å². The summed E-state index contributed by atoms with van der Waals surface area (Å²) in [5.41, 5.74) is 6.31. The number of hydrogen-bond donors (Lipinski definition) is 11. The number of esters is 1. The number of nitrogens with one attached hydrogen (secondary N) is 2. The largest absolute Gasteiger partial charge is 0.477 e. The number of carboxylic acids is 1. The zero-order valence-electron chi connectivity index (χ0n) is 25.6. The number of carbonyl (C=O) groups is 2. The summed E-state index contributed by atoms with van der Waals surface area (Å²) in [4.78, 5) is 29.8. The molecule has 0 aromatic rings. The topological polar surface area (TPSA) is 288 Å². The summed E-state index contributed by atoms with van der Waals surface area (Å²) in [5, 5.41) is 82.1. The Labute approximate surface area is 269 Å². The Balaban J connectivity index is 2.04. The van der Waals surface area contributed by atoms with E-state index >= 15 is 0 Å². The standard InChI is InChI=1S/C29H42N4O14/c1-3-16-17(6-5-15-11-33(8-10-35)12-18(24(39)40)21(15)32-28(30)31-7-4-9-34)19(25(41)44-2)14-45-26(16)47-27-23(38)29(42,43)22(37)20(13-36)46-27/h3,5-6,12,14,16-17,20,22-23,26-27,34-38,42-43H,1,4,7-11,13H2,2H3,(H,39,40)(H3,30,31,32)/p+1/b6-5+/t16-,17+,20-,22-,23+,26+,27+/m1/s1. The van der Waals surface area contributed by atoms with Crippen LogP contribution in [0.1, 0.15) is 6.42 Å². The average Bonchev–Trinajstić information content (AvgIpc) is 3.04. The van der Waals surface area contributed by atoms with Gasteiger partial charge in [-0.15, -0.1) is 6.58 Å². The summed E-state index contributed by atoms with van der Waals surface area (Å²) in [6.45, 7) is 3.08. The lowest BCUT2D eigenvalue weighted by Gasteiger charge is -2.46. The molecule has 0 radical (unpaired) electrons. The average molecular weight is 672 g/mol. The quantitative estimate of drug-likeness (QED) is 0.0206. The molecule has 1 fully saturated rings. The van der Waals surface area contributed by atoms with Crippen molar-refractivity contribution in [2.45, 2.75) is 43.1 Å². The lowest BCUT2D eigenvalue weighted by atomic mass is 9.83. The van der Waals surface area contributed by atoms with E-state index in [4.69, 9.17) is 29.8 Å². The minimum absolute atomic E-state index is 0.00880. The predicted molar refractivity (Wildman–Crippen MR) is 159 cm³/mol. The third kappa shape index (κ3) is 8.82. The van der Waals surface area contributed by atoms with Gasteiger partial charge in [0.2, 0.25) is 12.1 Å². The van der Waals surface area contributed by atoms with Gasteiger partial charge in [-0.2, -0.15) is 0 Å². The first-order valence-corrected chi connectivity index (χ1v) is 14.6. The van der Waals surface area contributed by atoms with Gasteiger partial charge in [-0.05, 0) is 6.42 Å². The van der Waals surface area contributed by atoms with Crippen LogP contribution in [-0.4, -0.2) is 142 Å². The van der Waals surface area contributed by atoms with Gasteiger partial charge in [0.15, 0.2) is 18.4 Å². The van der Waals surface area contributed by atoms with Crippen molar-refractivity contribution in [2.75, 3.05) is 46.6 Å². The molecule has 3 aliphatic heterocycles. The van der Waals surface area contributed by atoms with Gasteiger partial charge in [-0.3, -0.25) is 4.99 Å². The van der Waals surface area contributed by atoms with E-state index in [-0.39, 0.29) is 55.7 Å². The summed E-state index contributed by atoms with van der Waals surface area (Å²) < 4.78 is 21.6. The van der Waals surface area contributed by atoms with Crippen LogP contribution in [0.25, 0.3) is 0 Å². The van der Waals surface area contributed by atoms with Crippen molar-refractivity contribution in [1.82, 2.24) is 5.32 Å². The van der Waals surface area contributed by atoms with Crippen LogP contribution in [0, 0.1) is 11.8 Å². The molecule has 1 unspecified atom stereocenters. The van der Waals surface area contributed by atoms with E-state index in [9.17, 15) is 45.3 Å². The smallest absolute Gasteiger partial charge is 0.343 e. The molecule has 3 rings (SSSR count). The third-order valence-electron chi connectivity index (χ3n) is 7.72. The molecule has 0 spiro atoms. The number of carboxylic acid groups (broad SMARTS) is 1. The Morgan fingerprint density at radius 3 is 2.53 bits per heavy atom. The van der Waals surface area contributed by atoms with Crippen LogP contribution < -0.4 is 16.0 Å². The first-order chi connectivity index (χ1) is 22.3. The molecule has 8 atom stereocenters. The highest BCUT2D eigenvalue weighted by Gasteiger charge is 2.56. The van der Waals surface area contributed by atoms with E-state index in [1.807, 2.05) is 0 Å². The maximum atomic E-state index is 12.8. The molecule has 3 aliphatic rings. The number of nitrogens with two attached hydrogens (primary N) is 1. The normalized spacial score (nSPS) is 31.1. The number of aliphatic carboxylic acids is 1. The molecule has 0 amide bonds. The van der Waals surface area contributed by atoms with Crippen LogP contribution >= 0.6 is 0 Å². The van der Waals surface area contributed by atoms with E-state index in [0.717, 1.165) is 13.4 Å². The highest BCUT2D eigenvalue weighted by Crippen LogP contribution is 2.37. The number of aliphatic hydroxyl groups excluding tert-OH is 5. The van der Waals surface area contributed by atoms with Crippen molar-refractivity contribution >= 4 is 17.9 Å². The van der Waals surface area contributed by atoms with Crippen molar-refractivity contribution in [3.8, 4) is 0 Å². The lowest BCUT2D eigenvalue weighted by Crippen LogP contribution is -3.09. The molecule has 1 saturated heterocycles. The van der Waals surface area contributed by atoms with E-state index in [2.05, 4.69) is 16.9 Å². The van der Waals surface area contributed by atoms with Crippen molar-refractivity contribution in [2.24, 2.45) is 22.6 Å². The number of nitrogens with zero attached hydrogens (tertiary/aromatic N) is 1. The van der Waals surface area contributed by atoms with Gasteiger partial charge in [-0.1, -0.05) is 18.2 Å². The molecule has 262 valence electrons. The minimum Gasteiger partial charge on any atom is -0.477 e. The van der Waals surface area contributed by atoms with Gasteiger partial charge < -0.3 is 75.8 Å². The zero-order chi connectivity index (χ0) is 34.9. The number of methoxy groups -OCH3 is 1. The molecule has 0 aliphatic carbocycles. The number of aliphatic hydroxyl groups is 7. The van der Waals surface area contributed by atoms with Crippen molar-refractivity contribution in [3.05, 3.63) is 59.7 Å². The molecule has 0 bridgehead atoms. The number of ether oxygens (including phenoxy) is 4. The number of quaternary nitrogens is 1. The van der Waals surface area contributed by atoms with Gasteiger partial charge >= 0.3 is 11.9 Å². The number of hydrogen-bond acceptors (Lipinski definition) is 14. The maximum Gasteiger partial charge on any atom is 0.343 e. The first-order valence-electron chi connectivity index (χ1n) is 14.6. The number of carbonyl (C=O) groups excluding carboxylic acids is 1. The van der Waals surface area contributed by atoms with Crippen LogP contribution in [0.4, 0.5) is 0 Å². The number of guanidine groups is 1. The minimum atomic E-state index is -3.13. The van der Waals surface area contributed by atoms with E-state index < -0.39 is 67.1 Å². The molecule has 0 aromatic heterocycles. The molecular formula is C29H43N4O14+. The Kier molecular flexibility index (Phi) is 13.6. The number of rotatable bonds is 14. The monoisotopic (exact) mass is 671 g/mol. The highest BCUT2D eigenvalue weighted by molar-refractivity contribution is 5.94. The van der Waals surface area contributed by atoms with Crippen molar-refractivity contribution < 1.29 is 74.3 Å². The highest BCUT2D eigenvalue weighted by atomic mass is 16.8. The third-order valence-corrected chi connectivity index (χ3v) is 7.72. The van der Waals surface area contributed by atoms with Crippen molar-refractivity contribution in [1.29, 1.82) is 0 Å². The molecule has 3 heterocycles. The second kappa shape index (κ2) is 16.9. The van der Waals surface area contributed by atoms with Gasteiger partial charge in [0.25, 0.3) is 0 Å². The lowest BCUT2D eigenvalue weighted by molar-refractivity contribution is -0.843. The molecule has 0 saturated carbocycles. The summed E-state index contributed by atoms with van der Waals surface area (Å²) in [6.07, 6.45) is -1.87. The van der Waals surface area contributed by atoms with Crippen LogP contribution in [0.3, 0.4) is 0 Å². The number of aliphatic imine (C=N–C) groups is 1. The van der Waals surface area contributed by atoms with Crippen LogP contribution in [-0.2, 0) is 28.5 Å². The molecular weight excluding hydrogens is 628 g/mol. The Hall–Kier alpha value is -3.69. The Morgan fingerprint density at radius 2 is 1.94 bits per heavy atom. The summed E-state index contributed by atoms with van der Waals surface area (Å²) in [5.74, 6) is -7.21. The van der Waals surface area contributed by atoms with Gasteiger partial charge in [-0.25, -0.2) is 9.59 Å². The molecule has 18 heteroatoms. The summed E-state index contributed by atoms with van der Waals surface area (Å²) in [7, 11) is 1.15. The molecule has 12 N–H and O–H groups in total. The van der Waals surface area contributed by atoms with Gasteiger partial charge in [0.05, 0.1) is 43.8 Å². The van der Waals surface area contributed by atoms with Crippen LogP contribution in [0.2, 0.25) is 0 Å². The van der Waals surface area contributed by atoms with Gasteiger partial charge in [0.1, 0.15) is 37.1 Å². The second-order valence-corrected chi connectivity index (χ2v) is 10.8. The Bertz CT molecular complexity index is 1300. The van der Waals surface area contributed by atoms with E-state index in [1.54, 1.807) is 0 Å². The predicted octanol–water partition coefficient (Wildman–Crippen LogP) is -5.09. The molecule has 47 heavy (non-hydrogen) atoms. The fourth-order valence-corrected chi connectivity index (χ4v) is 5.21. The summed E-state index contributed by atoms with van der Waals surface area (Å²) >= 11 is 0. The van der Waals surface area contributed by atoms with Gasteiger partial charge in [0, 0.05) is 24.6 Å². The Morgan fingerprint density at radius 1 is 1.21 bits per heavy atom. The fourth-order valence-electron chi connectivity index (χ4n) is 5.21. The van der Waals surface area contributed by atoms with Crippen LogP contribution in [0.5, 0.6) is 0 Å². The van der Waals surface area contributed by atoms with E-state index in [1.165, 1.54) is 24.4 Å². The number of allylic oxidation sites excluding steroid dienone is 1. The first kappa shape index (κ1) is 37.8. The zero-order valence-corrected chi connectivity index (χ0v) is 25.6. The molecule has 18 nitrogen and oxygen atoms in total. The maximum absolute atomic E-state index is 12.8. The second-order valence-electron chi connectivity index (χ2n) is 10.8.